The third kappa shape index (κ3) is 3.47. The van der Waals surface area contributed by atoms with Gasteiger partial charge in [-0.1, -0.05) is 46.0 Å². The Morgan fingerprint density at radius 2 is 1.82 bits per heavy atom. The summed E-state index contributed by atoms with van der Waals surface area (Å²) in [6.07, 6.45) is 12.1. The summed E-state index contributed by atoms with van der Waals surface area (Å²) < 4.78 is 0. The van der Waals surface area contributed by atoms with Gasteiger partial charge in [-0.3, -0.25) is 0 Å². The topological polar surface area (TPSA) is 20.2 Å². The summed E-state index contributed by atoms with van der Waals surface area (Å²) in [5.41, 5.74) is 0. The summed E-state index contributed by atoms with van der Waals surface area (Å²) in [5, 5.41) is 10.0. The molecule has 1 nitrogen and oxygen atoms in total. The van der Waals surface area contributed by atoms with Crippen LogP contribution < -0.4 is 0 Å². The summed E-state index contributed by atoms with van der Waals surface area (Å²) in [4.78, 5) is 0. The zero-order chi connectivity index (χ0) is 12.3. The first-order chi connectivity index (χ1) is 8.18. The van der Waals surface area contributed by atoms with Crippen LogP contribution in [0.1, 0.15) is 71.6 Å². The monoisotopic (exact) mass is 238 g/mol. The van der Waals surface area contributed by atoms with Crippen LogP contribution in [0.2, 0.25) is 0 Å². The lowest BCUT2D eigenvalue weighted by molar-refractivity contribution is 0.0367. The maximum absolute atomic E-state index is 10.0. The predicted octanol–water partition coefficient (Wildman–Crippen LogP) is 4.39. The van der Waals surface area contributed by atoms with Crippen LogP contribution in [0.4, 0.5) is 0 Å². The Bertz CT molecular complexity index is 224. The molecule has 2 aliphatic carbocycles. The molecule has 100 valence electrons. The Morgan fingerprint density at radius 3 is 2.59 bits per heavy atom. The molecule has 1 heteroatoms. The van der Waals surface area contributed by atoms with Crippen molar-refractivity contribution in [3.05, 3.63) is 0 Å². The van der Waals surface area contributed by atoms with E-state index in [4.69, 9.17) is 0 Å². The van der Waals surface area contributed by atoms with Gasteiger partial charge in [-0.05, 0) is 49.4 Å². The fraction of sp³-hybridized carbons (Fsp3) is 1.00. The molecule has 2 rings (SSSR count). The molecule has 0 spiro atoms. The van der Waals surface area contributed by atoms with Crippen LogP contribution in [-0.4, -0.2) is 11.2 Å². The quantitative estimate of drug-likeness (QED) is 0.704. The van der Waals surface area contributed by atoms with Gasteiger partial charge in [0.05, 0.1) is 6.10 Å². The summed E-state index contributed by atoms with van der Waals surface area (Å²) in [6, 6.07) is 0. The molecule has 4 atom stereocenters. The number of aliphatic hydroxyl groups excluding tert-OH is 1. The number of aliphatic hydroxyl groups is 1. The van der Waals surface area contributed by atoms with Gasteiger partial charge in [-0.2, -0.15) is 0 Å². The molecular weight excluding hydrogens is 208 g/mol. The van der Waals surface area contributed by atoms with Gasteiger partial charge in [0, 0.05) is 0 Å². The molecule has 2 saturated carbocycles. The molecule has 0 amide bonds. The van der Waals surface area contributed by atoms with Gasteiger partial charge in [-0.15, -0.1) is 0 Å². The van der Waals surface area contributed by atoms with E-state index in [2.05, 4.69) is 13.8 Å². The third-order valence-corrected chi connectivity index (χ3v) is 5.16. The standard InChI is InChI=1S/C16H30O/c1-12(2)6-3-4-7-13-10-11-15-14(13)8-5-9-16(15)17/h12-17H,3-11H2,1-2H3. The number of rotatable bonds is 5. The van der Waals surface area contributed by atoms with Crippen molar-refractivity contribution in [3.63, 3.8) is 0 Å². The molecule has 0 radical (unpaired) electrons. The van der Waals surface area contributed by atoms with Crippen molar-refractivity contribution < 1.29 is 5.11 Å². The van der Waals surface area contributed by atoms with Crippen molar-refractivity contribution in [1.29, 1.82) is 0 Å². The number of unbranched alkanes of at least 4 members (excludes halogenated alkanes) is 1. The molecular formula is C16H30O. The molecule has 4 unspecified atom stereocenters. The predicted molar refractivity (Wildman–Crippen MR) is 72.9 cm³/mol. The minimum atomic E-state index is 0.0365. The molecule has 2 aliphatic rings. The van der Waals surface area contributed by atoms with Gasteiger partial charge >= 0.3 is 0 Å². The minimum Gasteiger partial charge on any atom is -0.393 e. The zero-order valence-electron chi connectivity index (χ0n) is 11.7. The lowest BCUT2D eigenvalue weighted by Crippen LogP contribution is -2.30. The van der Waals surface area contributed by atoms with Crippen LogP contribution in [-0.2, 0) is 0 Å². The molecule has 1 N–H and O–H groups in total. The van der Waals surface area contributed by atoms with E-state index in [-0.39, 0.29) is 6.10 Å². The van der Waals surface area contributed by atoms with Crippen LogP contribution in [0, 0.1) is 23.7 Å². The average Bonchev–Trinajstić information content (AvgIpc) is 2.69. The zero-order valence-corrected chi connectivity index (χ0v) is 11.7. The largest absolute Gasteiger partial charge is 0.393 e. The Labute approximate surface area is 107 Å². The molecule has 0 bridgehead atoms. The fourth-order valence-corrected chi connectivity index (χ4v) is 4.21. The number of hydrogen-bond donors (Lipinski definition) is 1. The Balaban J connectivity index is 1.71. The molecule has 0 heterocycles. The van der Waals surface area contributed by atoms with Gasteiger partial charge in [0.2, 0.25) is 0 Å². The molecule has 2 fully saturated rings. The number of fused-ring (bicyclic) bond motifs is 1. The van der Waals surface area contributed by atoms with E-state index in [1.54, 1.807) is 0 Å². The summed E-state index contributed by atoms with van der Waals surface area (Å²) in [5.74, 6) is 3.35. The van der Waals surface area contributed by atoms with Crippen molar-refractivity contribution >= 4 is 0 Å². The summed E-state index contributed by atoms with van der Waals surface area (Å²) in [6.45, 7) is 4.65. The first kappa shape index (κ1) is 13.4. The Kier molecular flexibility index (Phi) is 4.90. The van der Waals surface area contributed by atoms with Crippen molar-refractivity contribution in [2.45, 2.75) is 77.7 Å². The van der Waals surface area contributed by atoms with E-state index < -0.39 is 0 Å². The molecule has 0 aliphatic heterocycles. The van der Waals surface area contributed by atoms with Gasteiger partial charge in [0.15, 0.2) is 0 Å². The van der Waals surface area contributed by atoms with Crippen LogP contribution in [0.15, 0.2) is 0 Å². The van der Waals surface area contributed by atoms with Crippen molar-refractivity contribution in [1.82, 2.24) is 0 Å². The lowest BCUT2D eigenvalue weighted by Gasteiger charge is -2.33. The van der Waals surface area contributed by atoms with Crippen LogP contribution in [0.5, 0.6) is 0 Å². The first-order valence-corrected chi connectivity index (χ1v) is 7.86. The molecule has 0 saturated heterocycles. The smallest absolute Gasteiger partial charge is 0.0571 e. The van der Waals surface area contributed by atoms with E-state index in [0.717, 1.165) is 24.2 Å². The molecule has 17 heavy (non-hydrogen) atoms. The second-order valence-corrected chi connectivity index (χ2v) is 6.84. The fourth-order valence-electron chi connectivity index (χ4n) is 4.21. The second-order valence-electron chi connectivity index (χ2n) is 6.84. The molecule has 0 aromatic heterocycles. The van der Waals surface area contributed by atoms with E-state index in [0.29, 0.717) is 5.92 Å². The first-order valence-electron chi connectivity index (χ1n) is 7.86. The van der Waals surface area contributed by atoms with E-state index in [1.807, 2.05) is 0 Å². The van der Waals surface area contributed by atoms with Gasteiger partial charge in [0.25, 0.3) is 0 Å². The maximum Gasteiger partial charge on any atom is 0.0571 e. The van der Waals surface area contributed by atoms with Gasteiger partial charge < -0.3 is 5.11 Å². The maximum atomic E-state index is 10.0. The van der Waals surface area contributed by atoms with Crippen LogP contribution >= 0.6 is 0 Å². The van der Waals surface area contributed by atoms with E-state index in [9.17, 15) is 5.11 Å². The molecule has 0 aromatic carbocycles. The van der Waals surface area contributed by atoms with Crippen LogP contribution in [0.3, 0.4) is 0 Å². The van der Waals surface area contributed by atoms with Crippen molar-refractivity contribution in [2.75, 3.05) is 0 Å². The highest BCUT2D eigenvalue weighted by atomic mass is 16.3. The SMILES string of the molecule is CC(C)CCCCC1CCC2C(O)CCCC12. The van der Waals surface area contributed by atoms with Crippen molar-refractivity contribution in [2.24, 2.45) is 23.7 Å². The molecule has 0 aromatic rings. The Morgan fingerprint density at radius 1 is 1.00 bits per heavy atom. The van der Waals surface area contributed by atoms with E-state index >= 15 is 0 Å². The van der Waals surface area contributed by atoms with Crippen molar-refractivity contribution in [3.8, 4) is 0 Å². The van der Waals surface area contributed by atoms with E-state index in [1.165, 1.54) is 51.4 Å². The highest BCUT2D eigenvalue weighted by Gasteiger charge is 2.41. The lowest BCUT2D eigenvalue weighted by atomic mass is 9.75. The van der Waals surface area contributed by atoms with Crippen LogP contribution in [0.25, 0.3) is 0 Å². The Hall–Kier alpha value is -0.0400. The summed E-state index contributed by atoms with van der Waals surface area (Å²) in [7, 11) is 0. The highest BCUT2D eigenvalue weighted by molar-refractivity contribution is 4.91. The highest BCUT2D eigenvalue weighted by Crippen LogP contribution is 2.47. The van der Waals surface area contributed by atoms with Gasteiger partial charge in [-0.25, -0.2) is 0 Å². The average molecular weight is 238 g/mol. The minimum absolute atomic E-state index is 0.0365. The third-order valence-electron chi connectivity index (χ3n) is 5.16. The second kappa shape index (κ2) is 6.22. The normalized spacial score (nSPS) is 37.4. The van der Waals surface area contributed by atoms with Gasteiger partial charge in [0.1, 0.15) is 0 Å². The number of hydrogen-bond acceptors (Lipinski definition) is 1. The summed E-state index contributed by atoms with van der Waals surface area (Å²) >= 11 is 0.